The first-order chi connectivity index (χ1) is 8.65. The molecule has 96 valence electrons. The third-order valence-electron chi connectivity index (χ3n) is 4.93. The minimum atomic E-state index is 0.317. The molecular weight excluding hydrogens is 291 g/mol. The smallest absolute Gasteiger partial charge is 0.150 e. The van der Waals surface area contributed by atoms with Crippen LogP contribution < -0.4 is 5.32 Å². The minimum Gasteiger partial charge on any atom is -0.365 e. The number of aromatic nitrogens is 1. The molecule has 0 radical (unpaired) electrons. The van der Waals surface area contributed by atoms with E-state index in [1.54, 1.807) is 6.07 Å². The second-order valence-electron chi connectivity index (χ2n) is 5.75. The van der Waals surface area contributed by atoms with Crippen molar-refractivity contribution in [3.8, 4) is 0 Å². The van der Waals surface area contributed by atoms with E-state index in [0.717, 1.165) is 23.7 Å². The van der Waals surface area contributed by atoms with E-state index in [0.29, 0.717) is 27.1 Å². The second kappa shape index (κ2) is 3.91. The van der Waals surface area contributed by atoms with Crippen molar-refractivity contribution in [3.63, 3.8) is 0 Å². The molecule has 0 aliphatic heterocycles. The standard InChI is InChI=1S/C13H13Cl3N2/c14-7-4-8(15)13(18-12(7)16)17-11-9-5-1-2-6(3-5)10(9)11/h4-6,9-11H,1-3H2,(H,17,18). The summed E-state index contributed by atoms with van der Waals surface area (Å²) in [5.74, 6) is 4.23. The maximum atomic E-state index is 6.15. The molecule has 3 fully saturated rings. The van der Waals surface area contributed by atoms with Crippen LogP contribution >= 0.6 is 34.8 Å². The highest BCUT2D eigenvalue weighted by Crippen LogP contribution is 2.66. The third-order valence-corrected chi connectivity index (χ3v) is 5.89. The number of fused-ring (bicyclic) bond motifs is 5. The molecule has 1 N–H and O–H groups in total. The van der Waals surface area contributed by atoms with E-state index < -0.39 is 0 Å². The Kier molecular flexibility index (Phi) is 2.53. The summed E-state index contributed by atoms with van der Waals surface area (Å²) in [5, 5.41) is 4.75. The van der Waals surface area contributed by atoms with Gasteiger partial charge >= 0.3 is 0 Å². The van der Waals surface area contributed by atoms with Gasteiger partial charge < -0.3 is 5.32 Å². The fourth-order valence-electron chi connectivity index (χ4n) is 4.22. The lowest BCUT2D eigenvalue weighted by molar-refractivity contribution is 0.456. The van der Waals surface area contributed by atoms with Gasteiger partial charge in [0.2, 0.25) is 0 Å². The number of rotatable bonds is 2. The highest BCUT2D eigenvalue weighted by Gasteiger charge is 2.65. The monoisotopic (exact) mass is 302 g/mol. The van der Waals surface area contributed by atoms with Gasteiger partial charge in [0.15, 0.2) is 0 Å². The lowest BCUT2D eigenvalue weighted by Crippen LogP contribution is -2.14. The largest absolute Gasteiger partial charge is 0.365 e. The van der Waals surface area contributed by atoms with Gasteiger partial charge in [-0.1, -0.05) is 34.8 Å². The van der Waals surface area contributed by atoms with Crippen molar-refractivity contribution >= 4 is 40.6 Å². The molecule has 1 aromatic heterocycles. The lowest BCUT2D eigenvalue weighted by atomic mass is 10.0. The van der Waals surface area contributed by atoms with Crippen LogP contribution in [0.3, 0.4) is 0 Å². The maximum Gasteiger partial charge on any atom is 0.150 e. The zero-order valence-electron chi connectivity index (χ0n) is 9.67. The van der Waals surface area contributed by atoms with Crippen LogP contribution in [0.4, 0.5) is 5.82 Å². The lowest BCUT2D eigenvalue weighted by Gasteiger charge is -2.12. The van der Waals surface area contributed by atoms with Crippen LogP contribution in [0.1, 0.15) is 19.3 Å². The van der Waals surface area contributed by atoms with Gasteiger partial charge in [0.05, 0.1) is 10.0 Å². The van der Waals surface area contributed by atoms with E-state index in [4.69, 9.17) is 34.8 Å². The van der Waals surface area contributed by atoms with Gasteiger partial charge in [-0.05, 0) is 49.0 Å². The SMILES string of the molecule is Clc1cc(Cl)c(NC2C3C4CCC(C4)C23)nc1Cl. The molecule has 4 rings (SSSR count). The molecule has 3 saturated carbocycles. The summed E-state index contributed by atoms with van der Waals surface area (Å²) in [5.41, 5.74) is 0. The highest BCUT2D eigenvalue weighted by atomic mass is 35.5. The molecule has 2 nitrogen and oxygen atoms in total. The average Bonchev–Trinajstić information content (AvgIpc) is 2.72. The Hall–Kier alpha value is -0.180. The van der Waals surface area contributed by atoms with E-state index in [1.807, 2.05) is 0 Å². The van der Waals surface area contributed by atoms with Crippen LogP contribution in [0.15, 0.2) is 6.07 Å². The summed E-state index contributed by atoms with van der Waals surface area (Å²) in [6, 6.07) is 2.21. The summed E-state index contributed by atoms with van der Waals surface area (Å²) < 4.78 is 0. The highest BCUT2D eigenvalue weighted by molar-refractivity contribution is 6.42. The molecule has 5 heteroatoms. The normalized spacial score (nSPS) is 39.8. The van der Waals surface area contributed by atoms with Crippen molar-refractivity contribution in [1.82, 2.24) is 4.98 Å². The summed E-state index contributed by atoms with van der Waals surface area (Å²) >= 11 is 18.0. The Balaban J connectivity index is 1.55. The zero-order valence-corrected chi connectivity index (χ0v) is 11.9. The van der Waals surface area contributed by atoms with Crippen LogP contribution in [-0.4, -0.2) is 11.0 Å². The number of hydrogen-bond donors (Lipinski definition) is 1. The number of pyridine rings is 1. The van der Waals surface area contributed by atoms with Crippen LogP contribution in [0, 0.1) is 23.7 Å². The molecule has 4 atom stereocenters. The van der Waals surface area contributed by atoms with Crippen LogP contribution in [-0.2, 0) is 0 Å². The van der Waals surface area contributed by atoms with Crippen molar-refractivity contribution in [3.05, 3.63) is 21.3 Å². The minimum absolute atomic E-state index is 0.317. The van der Waals surface area contributed by atoms with Crippen molar-refractivity contribution < 1.29 is 0 Å². The Morgan fingerprint density at radius 1 is 1.06 bits per heavy atom. The zero-order chi connectivity index (χ0) is 12.4. The molecule has 18 heavy (non-hydrogen) atoms. The van der Waals surface area contributed by atoms with Gasteiger partial charge in [-0.25, -0.2) is 4.98 Å². The average molecular weight is 304 g/mol. The van der Waals surface area contributed by atoms with E-state index in [2.05, 4.69) is 10.3 Å². The predicted molar refractivity (Wildman–Crippen MR) is 74.5 cm³/mol. The number of halogens is 3. The summed E-state index contributed by atoms with van der Waals surface area (Å²) in [6.45, 7) is 0. The van der Waals surface area contributed by atoms with Gasteiger partial charge in [0.1, 0.15) is 11.0 Å². The molecule has 0 saturated heterocycles. The Bertz CT molecular complexity index is 503. The molecular formula is C13H13Cl3N2. The van der Waals surface area contributed by atoms with Gasteiger partial charge in [-0.3, -0.25) is 0 Å². The second-order valence-corrected chi connectivity index (χ2v) is 6.92. The van der Waals surface area contributed by atoms with Crippen molar-refractivity contribution in [2.75, 3.05) is 5.32 Å². The van der Waals surface area contributed by atoms with Crippen molar-refractivity contribution in [2.24, 2.45) is 23.7 Å². The van der Waals surface area contributed by atoms with Gasteiger partial charge in [0.25, 0.3) is 0 Å². The maximum absolute atomic E-state index is 6.15. The molecule has 4 unspecified atom stereocenters. The fraction of sp³-hybridized carbons (Fsp3) is 0.615. The quantitative estimate of drug-likeness (QED) is 0.814. The first-order valence-electron chi connectivity index (χ1n) is 6.43. The van der Waals surface area contributed by atoms with Crippen LogP contribution in [0.5, 0.6) is 0 Å². The first kappa shape index (κ1) is 11.6. The first-order valence-corrected chi connectivity index (χ1v) is 7.56. The van der Waals surface area contributed by atoms with E-state index >= 15 is 0 Å². The summed E-state index contributed by atoms with van der Waals surface area (Å²) in [4.78, 5) is 4.24. The topological polar surface area (TPSA) is 24.9 Å². The molecule has 2 bridgehead atoms. The Morgan fingerprint density at radius 2 is 1.72 bits per heavy atom. The molecule has 0 aromatic carbocycles. The van der Waals surface area contributed by atoms with Gasteiger partial charge in [-0.2, -0.15) is 0 Å². The third kappa shape index (κ3) is 1.59. The molecule has 1 aromatic rings. The molecule has 1 heterocycles. The van der Waals surface area contributed by atoms with Crippen LogP contribution in [0.2, 0.25) is 15.2 Å². The number of hydrogen-bond acceptors (Lipinski definition) is 2. The van der Waals surface area contributed by atoms with Crippen molar-refractivity contribution in [2.45, 2.75) is 25.3 Å². The summed E-state index contributed by atoms with van der Waals surface area (Å²) in [7, 11) is 0. The van der Waals surface area contributed by atoms with Gasteiger partial charge in [0, 0.05) is 6.04 Å². The Labute approximate surface area is 121 Å². The van der Waals surface area contributed by atoms with Crippen LogP contribution in [0.25, 0.3) is 0 Å². The Morgan fingerprint density at radius 3 is 2.39 bits per heavy atom. The van der Waals surface area contributed by atoms with Crippen molar-refractivity contribution in [1.29, 1.82) is 0 Å². The molecule has 0 spiro atoms. The van der Waals surface area contributed by atoms with E-state index in [9.17, 15) is 0 Å². The predicted octanol–water partition coefficient (Wildman–Crippen LogP) is 4.50. The molecule has 0 amide bonds. The fourth-order valence-corrected chi connectivity index (χ4v) is 4.77. The number of nitrogens with one attached hydrogen (secondary N) is 1. The van der Waals surface area contributed by atoms with Gasteiger partial charge in [-0.15, -0.1) is 0 Å². The van der Waals surface area contributed by atoms with E-state index in [1.165, 1.54) is 19.3 Å². The number of nitrogens with zero attached hydrogens (tertiary/aromatic N) is 1. The van der Waals surface area contributed by atoms with E-state index in [-0.39, 0.29) is 0 Å². The molecule has 3 aliphatic rings. The number of anilines is 1. The summed E-state index contributed by atoms with van der Waals surface area (Å²) in [6.07, 6.45) is 4.26. The molecule has 3 aliphatic carbocycles.